The van der Waals surface area contributed by atoms with Crippen molar-refractivity contribution in [3.63, 3.8) is 0 Å². The molecule has 1 heterocycles. The number of benzene rings is 3. The topological polar surface area (TPSA) is 35.2 Å². The van der Waals surface area contributed by atoms with E-state index in [1.807, 2.05) is 48.5 Å². The van der Waals surface area contributed by atoms with Gasteiger partial charge in [-0.2, -0.15) is 0 Å². The van der Waals surface area contributed by atoms with E-state index in [0.29, 0.717) is 6.61 Å². The molecule has 0 unspecified atom stereocenters. The molecule has 24 heavy (non-hydrogen) atoms. The molecule has 0 aliphatic carbocycles. The minimum absolute atomic E-state index is 0.568. The van der Waals surface area contributed by atoms with Crippen molar-refractivity contribution in [2.75, 3.05) is 5.73 Å². The molecule has 1 aromatic heterocycles. The van der Waals surface area contributed by atoms with E-state index in [1.165, 1.54) is 0 Å². The van der Waals surface area contributed by atoms with Crippen LogP contribution in [0.25, 0.3) is 20.5 Å². The van der Waals surface area contributed by atoms with Crippen LogP contribution in [0, 0.1) is 0 Å². The smallest absolute Gasteiger partial charge is 0.121 e. The molecule has 0 radical (unpaired) electrons. The Hall–Kier alpha value is -2.78. The first-order valence-corrected chi connectivity index (χ1v) is 8.67. The third-order valence-corrected chi connectivity index (χ3v) is 5.20. The van der Waals surface area contributed by atoms with Crippen LogP contribution < -0.4 is 10.5 Å². The summed E-state index contributed by atoms with van der Waals surface area (Å²) in [6, 6.07) is 26.6. The lowest BCUT2D eigenvalue weighted by Crippen LogP contribution is -1.94. The van der Waals surface area contributed by atoms with Crippen LogP contribution in [0.2, 0.25) is 0 Å². The number of anilines is 1. The van der Waals surface area contributed by atoms with E-state index >= 15 is 0 Å². The zero-order valence-corrected chi connectivity index (χ0v) is 13.9. The van der Waals surface area contributed by atoms with Crippen LogP contribution in [0.3, 0.4) is 0 Å². The Morgan fingerprint density at radius 3 is 2.29 bits per heavy atom. The average molecular weight is 331 g/mol. The molecule has 3 heteroatoms. The highest BCUT2D eigenvalue weighted by Crippen LogP contribution is 2.41. The maximum atomic E-state index is 6.36. The SMILES string of the molecule is Nc1c(-c2ccccc2)sc2cc(OCc3ccccc3)ccc12. The van der Waals surface area contributed by atoms with Crippen LogP contribution in [0.4, 0.5) is 5.69 Å². The van der Waals surface area contributed by atoms with Crippen LogP contribution in [-0.2, 0) is 6.61 Å². The predicted molar refractivity (Wildman–Crippen MR) is 102 cm³/mol. The Morgan fingerprint density at radius 2 is 1.54 bits per heavy atom. The second-order valence-electron chi connectivity index (χ2n) is 5.64. The molecule has 0 aliphatic rings. The van der Waals surface area contributed by atoms with E-state index in [2.05, 4.69) is 30.3 Å². The summed E-state index contributed by atoms with van der Waals surface area (Å²) >= 11 is 1.71. The Balaban J connectivity index is 1.64. The standard InChI is InChI=1S/C21H17NOS/c22-20-18-12-11-17(23-14-15-7-3-1-4-8-15)13-19(18)24-21(20)16-9-5-2-6-10-16/h1-13H,14,22H2. The number of ether oxygens (including phenoxy) is 1. The van der Waals surface area contributed by atoms with Crippen molar-refractivity contribution >= 4 is 27.1 Å². The van der Waals surface area contributed by atoms with E-state index in [9.17, 15) is 0 Å². The first kappa shape index (κ1) is 14.8. The Morgan fingerprint density at radius 1 is 0.833 bits per heavy atom. The number of nitrogen functional groups attached to an aromatic ring is 1. The molecule has 3 aromatic carbocycles. The van der Waals surface area contributed by atoms with Gasteiger partial charge >= 0.3 is 0 Å². The van der Waals surface area contributed by atoms with E-state index in [4.69, 9.17) is 10.5 Å². The normalized spacial score (nSPS) is 10.8. The van der Waals surface area contributed by atoms with Crippen molar-refractivity contribution in [1.82, 2.24) is 0 Å². The minimum Gasteiger partial charge on any atom is -0.489 e. The van der Waals surface area contributed by atoms with Crippen molar-refractivity contribution < 1.29 is 4.74 Å². The number of hydrogen-bond donors (Lipinski definition) is 1. The van der Waals surface area contributed by atoms with Crippen molar-refractivity contribution in [1.29, 1.82) is 0 Å². The summed E-state index contributed by atoms with van der Waals surface area (Å²) in [6.45, 7) is 0.568. The van der Waals surface area contributed by atoms with E-state index in [-0.39, 0.29) is 0 Å². The molecule has 0 amide bonds. The van der Waals surface area contributed by atoms with E-state index in [1.54, 1.807) is 11.3 Å². The van der Waals surface area contributed by atoms with Crippen molar-refractivity contribution in [2.24, 2.45) is 0 Å². The monoisotopic (exact) mass is 331 g/mol. The molecular weight excluding hydrogens is 314 g/mol. The maximum absolute atomic E-state index is 6.36. The molecule has 0 aliphatic heterocycles. The van der Waals surface area contributed by atoms with Gasteiger partial charge in [0.1, 0.15) is 12.4 Å². The maximum Gasteiger partial charge on any atom is 0.121 e. The third kappa shape index (κ3) is 2.86. The molecule has 4 rings (SSSR count). The molecule has 0 bridgehead atoms. The van der Waals surface area contributed by atoms with Gasteiger partial charge in [0.25, 0.3) is 0 Å². The summed E-state index contributed by atoms with van der Waals surface area (Å²) in [5.74, 6) is 0.868. The molecule has 0 saturated heterocycles. The summed E-state index contributed by atoms with van der Waals surface area (Å²) in [7, 11) is 0. The predicted octanol–water partition coefficient (Wildman–Crippen LogP) is 5.73. The zero-order valence-electron chi connectivity index (χ0n) is 13.1. The summed E-state index contributed by atoms with van der Waals surface area (Å²) in [5.41, 5.74) is 9.51. The molecule has 118 valence electrons. The molecule has 0 spiro atoms. The molecule has 4 aromatic rings. The third-order valence-electron chi connectivity index (χ3n) is 3.98. The lowest BCUT2D eigenvalue weighted by Gasteiger charge is -2.06. The van der Waals surface area contributed by atoms with Gasteiger partial charge in [-0.15, -0.1) is 11.3 Å². The molecule has 2 nitrogen and oxygen atoms in total. The van der Waals surface area contributed by atoms with Gasteiger partial charge in [0.05, 0.1) is 10.6 Å². The molecular formula is C21H17NOS. The van der Waals surface area contributed by atoms with Crippen molar-refractivity contribution in [3.8, 4) is 16.2 Å². The zero-order chi connectivity index (χ0) is 16.4. The van der Waals surface area contributed by atoms with Crippen molar-refractivity contribution in [3.05, 3.63) is 84.4 Å². The van der Waals surface area contributed by atoms with Gasteiger partial charge in [0, 0.05) is 10.1 Å². The van der Waals surface area contributed by atoms with E-state index in [0.717, 1.165) is 37.5 Å². The van der Waals surface area contributed by atoms with Crippen LogP contribution in [0.1, 0.15) is 5.56 Å². The fourth-order valence-electron chi connectivity index (χ4n) is 2.73. The average Bonchev–Trinajstić information content (AvgIpc) is 2.98. The highest BCUT2D eigenvalue weighted by Gasteiger charge is 2.11. The molecule has 2 N–H and O–H groups in total. The molecule has 0 fully saturated rings. The van der Waals surface area contributed by atoms with Gasteiger partial charge in [-0.05, 0) is 29.3 Å². The summed E-state index contributed by atoms with van der Waals surface area (Å²) in [5, 5.41) is 1.09. The van der Waals surface area contributed by atoms with Crippen LogP contribution in [0.15, 0.2) is 78.9 Å². The van der Waals surface area contributed by atoms with Gasteiger partial charge in [-0.1, -0.05) is 60.7 Å². The van der Waals surface area contributed by atoms with Crippen LogP contribution >= 0.6 is 11.3 Å². The quantitative estimate of drug-likeness (QED) is 0.518. The van der Waals surface area contributed by atoms with Gasteiger partial charge in [0.15, 0.2) is 0 Å². The van der Waals surface area contributed by atoms with Gasteiger partial charge in [0.2, 0.25) is 0 Å². The lowest BCUT2D eigenvalue weighted by molar-refractivity contribution is 0.306. The number of thiophene rings is 1. The first-order valence-electron chi connectivity index (χ1n) is 7.85. The highest BCUT2D eigenvalue weighted by atomic mass is 32.1. The minimum atomic E-state index is 0.568. The van der Waals surface area contributed by atoms with Crippen molar-refractivity contribution in [2.45, 2.75) is 6.61 Å². The van der Waals surface area contributed by atoms with Gasteiger partial charge in [-0.25, -0.2) is 0 Å². The van der Waals surface area contributed by atoms with Crippen LogP contribution in [0.5, 0.6) is 5.75 Å². The number of nitrogens with two attached hydrogens (primary N) is 1. The Labute approximate surface area is 145 Å². The fourth-order valence-corrected chi connectivity index (χ4v) is 3.89. The lowest BCUT2D eigenvalue weighted by atomic mass is 10.1. The van der Waals surface area contributed by atoms with E-state index < -0.39 is 0 Å². The second-order valence-corrected chi connectivity index (χ2v) is 6.70. The molecule has 0 saturated carbocycles. The number of hydrogen-bond acceptors (Lipinski definition) is 3. The number of fused-ring (bicyclic) bond motifs is 1. The molecule has 0 atom stereocenters. The Kier molecular flexibility index (Phi) is 3.93. The summed E-state index contributed by atoms with van der Waals surface area (Å²) < 4.78 is 7.07. The highest BCUT2D eigenvalue weighted by molar-refractivity contribution is 7.23. The second kappa shape index (κ2) is 6.38. The van der Waals surface area contributed by atoms with Gasteiger partial charge < -0.3 is 10.5 Å². The van der Waals surface area contributed by atoms with Gasteiger partial charge in [-0.3, -0.25) is 0 Å². The largest absolute Gasteiger partial charge is 0.489 e. The first-order chi connectivity index (χ1) is 11.8. The van der Waals surface area contributed by atoms with Crippen LogP contribution in [-0.4, -0.2) is 0 Å². The summed E-state index contributed by atoms with van der Waals surface area (Å²) in [4.78, 5) is 1.12. The Bertz CT molecular complexity index is 961. The fraction of sp³-hybridized carbons (Fsp3) is 0.0476. The summed E-state index contributed by atoms with van der Waals surface area (Å²) in [6.07, 6.45) is 0. The number of rotatable bonds is 4.